The predicted molar refractivity (Wildman–Crippen MR) is 154 cm³/mol. The highest BCUT2D eigenvalue weighted by Gasteiger charge is 2.33. The van der Waals surface area contributed by atoms with E-state index in [1.807, 2.05) is 18.2 Å². The van der Waals surface area contributed by atoms with Gasteiger partial charge in [-0.2, -0.15) is 10.4 Å². The van der Waals surface area contributed by atoms with Gasteiger partial charge in [0.25, 0.3) is 5.91 Å². The number of para-hydroxylation sites is 1. The second-order valence-electron chi connectivity index (χ2n) is 10.5. The maximum Gasteiger partial charge on any atom is 0.264 e. The van der Waals surface area contributed by atoms with Crippen LogP contribution in [0.25, 0.3) is 22.3 Å². The van der Waals surface area contributed by atoms with Gasteiger partial charge in [-0.1, -0.05) is 24.3 Å². The van der Waals surface area contributed by atoms with Crippen molar-refractivity contribution in [3.63, 3.8) is 0 Å². The van der Waals surface area contributed by atoms with E-state index in [0.717, 1.165) is 25.7 Å². The minimum Gasteiger partial charge on any atom is -0.457 e. The summed E-state index contributed by atoms with van der Waals surface area (Å²) in [5, 5.41) is 15.0. The zero-order valence-corrected chi connectivity index (χ0v) is 22.9. The molecule has 214 valence electrons. The van der Waals surface area contributed by atoms with E-state index < -0.39 is 5.82 Å². The van der Waals surface area contributed by atoms with E-state index in [4.69, 9.17) is 20.3 Å². The maximum absolute atomic E-state index is 15.5. The molecule has 2 N–H and O–H groups in total. The molecule has 2 saturated heterocycles. The van der Waals surface area contributed by atoms with Gasteiger partial charge >= 0.3 is 0 Å². The number of carbonyl (C=O) groups excluding carboxylic acids is 1. The van der Waals surface area contributed by atoms with Crippen LogP contribution in [-0.2, 0) is 16.1 Å². The Bertz CT molecular complexity index is 1680. The molecule has 0 bridgehead atoms. The molecule has 4 aromatic rings. The number of nitrogens with two attached hydrogens (primary N) is 1. The molecular weight excluding hydrogens is 537 g/mol. The second-order valence-corrected chi connectivity index (χ2v) is 10.5. The smallest absolute Gasteiger partial charge is 0.264 e. The number of anilines is 1. The fourth-order valence-electron chi connectivity index (χ4n) is 5.64. The number of nitrogens with zero attached hydrogens (tertiary/aromatic N) is 6. The third-order valence-corrected chi connectivity index (χ3v) is 7.77. The Morgan fingerprint density at radius 3 is 2.71 bits per heavy atom. The van der Waals surface area contributed by atoms with Crippen molar-refractivity contribution in [3.8, 4) is 28.8 Å². The summed E-state index contributed by atoms with van der Waals surface area (Å²) in [4.78, 5) is 23.7. The Labute approximate surface area is 242 Å². The van der Waals surface area contributed by atoms with Gasteiger partial charge in [-0.15, -0.1) is 0 Å². The number of hydrogen-bond acceptors (Lipinski definition) is 8. The summed E-state index contributed by atoms with van der Waals surface area (Å²) in [5.41, 5.74) is 7.39. The van der Waals surface area contributed by atoms with Gasteiger partial charge in [0.2, 0.25) is 0 Å². The molecule has 2 aliphatic rings. The highest BCUT2D eigenvalue weighted by atomic mass is 19.1. The molecule has 2 fully saturated rings. The Morgan fingerprint density at radius 1 is 1.14 bits per heavy atom. The molecule has 2 aliphatic heterocycles. The van der Waals surface area contributed by atoms with Crippen molar-refractivity contribution in [2.24, 2.45) is 5.92 Å². The van der Waals surface area contributed by atoms with Gasteiger partial charge in [0.15, 0.2) is 5.65 Å². The minimum absolute atomic E-state index is 0.148. The number of carbonyl (C=O) groups is 1. The van der Waals surface area contributed by atoms with Crippen LogP contribution < -0.4 is 10.5 Å². The van der Waals surface area contributed by atoms with E-state index in [1.54, 1.807) is 39.9 Å². The molecule has 0 spiro atoms. The van der Waals surface area contributed by atoms with Crippen LogP contribution in [0.15, 0.2) is 66.5 Å². The second kappa shape index (κ2) is 12.0. The largest absolute Gasteiger partial charge is 0.457 e. The predicted octanol–water partition coefficient (Wildman–Crippen LogP) is 4.87. The highest BCUT2D eigenvalue weighted by molar-refractivity contribution is 5.99. The molecule has 42 heavy (non-hydrogen) atoms. The molecular formula is C31H30FN7O3. The number of hydrogen-bond donors (Lipinski definition) is 1. The normalized spacial score (nSPS) is 17.9. The number of fused-ring (bicyclic) bond motifs is 1. The first-order chi connectivity index (χ1) is 20.5. The van der Waals surface area contributed by atoms with Crippen LogP contribution >= 0.6 is 0 Å². The van der Waals surface area contributed by atoms with Gasteiger partial charge in [0.05, 0.1) is 18.0 Å². The van der Waals surface area contributed by atoms with Crippen molar-refractivity contribution in [1.29, 1.82) is 5.26 Å². The van der Waals surface area contributed by atoms with Crippen LogP contribution in [0, 0.1) is 23.1 Å². The van der Waals surface area contributed by atoms with Gasteiger partial charge in [-0.3, -0.25) is 4.79 Å². The minimum atomic E-state index is -0.534. The summed E-state index contributed by atoms with van der Waals surface area (Å²) in [6.45, 7) is 2.11. The average molecular weight is 568 g/mol. The van der Waals surface area contributed by atoms with E-state index in [1.165, 1.54) is 12.4 Å². The summed E-state index contributed by atoms with van der Waals surface area (Å²) in [6.07, 6.45) is 6.26. The number of nitriles is 1. The summed E-state index contributed by atoms with van der Waals surface area (Å²) in [5.74, 6) is 0.448. The van der Waals surface area contributed by atoms with E-state index in [-0.39, 0.29) is 34.8 Å². The molecule has 6 rings (SSSR count). The van der Waals surface area contributed by atoms with Crippen LogP contribution in [0.4, 0.5) is 10.2 Å². The molecule has 0 unspecified atom stereocenters. The van der Waals surface area contributed by atoms with Gasteiger partial charge in [-0.25, -0.2) is 19.0 Å². The molecule has 0 aliphatic carbocycles. The van der Waals surface area contributed by atoms with Crippen molar-refractivity contribution in [1.82, 2.24) is 24.6 Å². The van der Waals surface area contributed by atoms with E-state index in [9.17, 15) is 10.1 Å². The van der Waals surface area contributed by atoms with Crippen molar-refractivity contribution in [2.45, 2.75) is 38.3 Å². The molecule has 10 nitrogen and oxygen atoms in total. The molecule has 2 aromatic carbocycles. The number of ether oxygens (including phenoxy) is 2. The lowest BCUT2D eigenvalue weighted by Crippen LogP contribution is -2.39. The van der Waals surface area contributed by atoms with Gasteiger partial charge in [0.1, 0.15) is 46.8 Å². The summed E-state index contributed by atoms with van der Waals surface area (Å²) < 4.78 is 28.3. The Kier molecular flexibility index (Phi) is 7.79. The zero-order valence-electron chi connectivity index (χ0n) is 22.9. The molecule has 11 heteroatoms. The Hall–Kier alpha value is -4.82. The van der Waals surface area contributed by atoms with Crippen LogP contribution in [0.2, 0.25) is 0 Å². The number of aromatic nitrogens is 4. The quantitative estimate of drug-likeness (QED) is 0.247. The third kappa shape index (κ3) is 5.53. The lowest BCUT2D eigenvalue weighted by Gasteiger charge is -2.25. The summed E-state index contributed by atoms with van der Waals surface area (Å²) >= 11 is 0. The average Bonchev–Trinajstić information content (AvgIpc) is 3.62. The Morgan fingerprint density at radius 2 is 1.95 bits per heavy atom. The molecule has 4 heterocycles. The number of amides is 1. The Balaban J connectivity index is 1.28. The number of halogens is 1. The van der Waals surface area contributed by atoms with Crippen LogP contribution in [0.1, 0.15) is 25.7 Å². The lowest BCUT2D eigenvalue weighted by molar-refractivity contribution is -0.127. The monoisotopic (exact) mass is 567 g/mol. The first kappa shape index (κ1) is 27.4. The van der Waals surface area contributed by atoms with Crippen molar-refractivity contribution in [3.05, 3.63) is 72.3 Å². The zero-order chi connectivity index (χ0) is 29.1. The standard InChI is InChI=1S/C31H30FN7O3/c32-26-16-24(42-23-6-2-1-3-7-23)8-9-25(26)28-27-29(34)35-19-36-30(27)39(37-28)18-22-5-4-12-38(22)31(40)21(17-33)15-20-10-13-41-14-11-20/h1-3,6-9,15-16,19-20,22H,4-5,10-14,18H2,(H2,34,35,36)/t22-/m1/s1. The number of allylic oxidation sites excluding steroid dienone is 1. The summed E-state index contributed by atoms with van der Waals surface area (Å²) in [6, 6.07) is 15.6. The lowest BCUT2D eigenvalue weighted by atomic mass is 9.97. The number of rotatable bonds is 7. The topological polar surface area (TPSA) is 132 Å². The number of likely N-dealkylation sites (tertiary alicyclic amines) is 1. The van der Waals surface area contributed by atoms with E-state index in [0.29, 0.717) is 54.5 Å². The van der Waals surface area contributed by atoms with Gasteiger partial charge in [-0.05, 0) is 55.9 Å². The van der Waals surface area contributed by atoms with Gasteiger partial charge in [0, 0.05) is 31.4 Å². The maximum atomic E-state index is 15.5. The van der Waals surface area contributed by atoms with Gasteiger partial charge < -0.3 is 20.1 Å². The van der Waals surface area contributed by atoms with Crippen molar-refractivity contribution >= 4 is 22.8 Å². The SMILES string of the molecule is N#CC(=CC1CCOCC1)C(=O)N1CCC[C@@H]1Cn1nc(-c2ccc(Oc3ccccc3)cc2F)c2c(N)ncnc21. The fourth-order valence-corrected chi connectivity index (χ4v) is 5.64. The number of benzene rings is 2. The van der Waals surface area contributed by atoms with E-state index in [2.05, 4.69) is 16.0 Å². The third-order valence-electron chi connectivity index (χ3n) is 7.77. The molecule has 2 aromatic heterocycles. The first-order valence-corrected chi connectivity index (χ1v) is 14.0. The van der Waals surface area contributed by atoms with Crippen molar-refractivity contribution in [2.75, 3.05) is 25.5 Å². The summed E-state index contributed by atoms with van der Waals surface area (Å²) in [7, 11) is 0. The van der Waals surface area contributed by atoms with Crippen molar-refractivity contribution < 1.29 is 18.7 Å². The first-order valence-electron chi connectivity index (χ1n) is 14.0. The molecule has 1 atom stereocenters. The van der Waals surface area contributed by atoms with Crippen LogP contribution in [0.5, 0.6) is 11.5 Å². The van der Waals surface area contributed by atoms with Crippen LogP contribution in [-0.4, -0.2) is 56.4 Å². The molecule has 0 radical (unpaired) electrons. The van der Waals surface area contributed by atoms with Crippen LogP contribution in [0.3, 0.4) is 0 Å². The van der Waals surface area contributed by atoms with E-state index >= 15 is 4.39 Å². The fraction of sp³-hybridized carbons (Fsp3) is 0.323. The highest BCUT2D eigenvalue weighted by Crippen LogP contribution is 2.35. The molecule has 0 saturated carbocycles. The molecule has 1 amide bonds. The number of nitrogen functional groups attached to an aromatic ring is 1.